The first-order valence-corrected chi connectivity index (χ1v) is 10.3. The lowest BCUT2D eigenvalue weighted by Crippen LogP contribution is -2.27. The van der Waals surface area contributed by atoms with E-state index in [2.05, 4.69) is 43.5 Å². The molecule has 3 nitrogen and oxygen atoms in total. The summed E-state index contributed by atoms with van der Waals surface area (Å²) in [5.41, 5.74) is 6.46. The smallest absolute Gasteiger partial charge is 0.270 e. The molecular formula is C23H20N2OS2. The highest BCUT2D eigenvalue weighted by atomic mass is 32.2. The highest BCUT2D eigenvalue weighted by molar-refractivity contribution is 8.27. The van der Waals surface area contributed by atoms with Crippen molar-refractivity contribution in [3.63, 3.8) is 0 Å². The molecule has 0 saturated carbocycles. The maximum absolute atomic E-state index is 13.0. The topological polar surface area (TPSA) is 25.2 Å². The van der Waals surface area contributed by atoms with E-state index in [1.807, 2.05) is 48.5 Å². The van der Waals surface area contributed by atoms with Gasteiger partial charge in [0.2, 0.25) is 0 Å². The Balaban J connectivity index is 1.73. The Hall–Kier alpha value is -2.63. The predicted molar refractivity (Wildman–Crippen MR) is 122 cm³/mol. The molecule has 0 N–H and O–H groups in total. The van der Waals surface area contributed by atoms with E-state index in [-0.39, 0.29) is 5.91 Å². The molecule has 2 aromatic carbocycles. The van der Waals surface area contributed by atoms with Crippen molar-refractivity contribution < 1.29 is 4.79 Å². The number of anilines is 1. The zero-order valence-corrected chi connectivity index (χ0v) is 17.6. The van der Waals surface area contributed by atoms with Crippen LogP contribution in [-0.2, 0) is 4.79 Å². The number of thiocarbonyl (C=S) groups is 1. The summed E-state index contributed by atoms with van der Waals surface area (Å²) >= 11 is 6.83. The minimum atomic E-state index is -0.0677. The molecular weight excluding hydrogens is 384 g/mol. The van der Waals surface area contributed by atoms with E-state index in [1.165, 1.54) is 17.3 Å². The number of amides is 1. The predicted octanol–water partition coefficient (Wildman–Crippen LogP) is 5.81. The van der Waals surface area contributed by atoms with Gasteiger partial charge in [0, 0.05) is 17.1 Å². The van der Waals surface area contributed by atoms with E-state index in [1.54, 1.807) is 4.90 Å². The van der Waals surface area contributed by atoms with Crippen LogP contribution in [-0.4, -0.2) is 14.8 Å². The Morgan fingerprint density at radius 1 is 0.964 bits per heavy atom. The number of rotatable bonds is 3. The molecule has 0 aliphatic carbocycles. The van der Waals surface area contributed by atoms with Crippen LogP contribution in [0, 0.1) is 20.8 Å². The van der Waals surface area contributed by atoms with Crippen molar-refractivity contribution in [2.45, 2.75) is 20.8 Å². The standard InChI is InChI=1S/C23H20N2OS2/c1-15-9-7-8-12-20(15)24-16(2)13-18(17(24)3)14-21-22(26)25(23(27)28-21)19-10-5-4-6-11-19/h4-14H,1-3H3/b21-14+. The van der Waals surface area contributed by atoms with Crippen molar-refractivity contribution in [2.75, 3.05) is 4.90 Å². The summed E-state index contributed by atoms with van der Waals surface area (Å²) in [4.78, 5) is 15.2. The largest absolute Gasteiger partial charge is 0.318 e. The molecule has 28 heavy (non-hydrogen) atoms. The summed E-state index contributed by atoms with van der Waals surface area (Å²) < 4.78 is 2.80. The number of para-hydroxylation sites is 2. The molecule has 1 aliphatic heterocycles. The Morgan fingerprint density at radius 3 is 2.36 bits per heavy atom. The average Bonchev–Trinajstić information content (AvgIpc) is 3.12. The van der Waals surface area contributed by atoms with Crippen LogP contribution < -0.4 is 4.90 Å². The number of hydrogen-bond acceptors (Lipinski definition) is 3. The summed E-state index contributed by atoms with van der Waals surface area (Å²) in [7, 11) is 0. The van der Waals surface area contributed by atoms with Crippen molar-refractivity contribution in [3.8, 4) is 5.69 Å². The molecule has 0 bridgehead atoms. The summed E-state index contributed by atoms with van der Waals surface area (Å²) in [6.07, 6.45) is 1.96. The molecule has 0 radical (unpaired) electrons. The van der Waals surface area contributed by atoms with Gasteiger partial charge in [0.05, 0.1) is 10.6 Å². The van der Waals surface area contributed by atoms with Crippen LogP contribution >= 0.6 is 24.0 Å². The molecule has 5 heteroatoms. The second-order valence-corrected chi connectivity index (χ2v) is 8.48. The van der Waals surface area contributed by atoms with E-state index >= 15 is 0 Å². The lowest BCUT2D eigenvalue weighted by molar-refractivity contribution is -0.113. The molecule has 3 aromatic rings. The number of aryl methyl sites for hydroxylation is 2. The summed E-state index contributed by atoms with van der Waals surface area (Å²) in [5.74, 6) is -0.0677. The normalized spacial score (nSPS) is 15.7. The van der Waals surface area contributed by atoms with Crippen molar-refractivity contribution in [1.82, 2.24) is 4.57 Å². The third kappa shape index (κ3) is 3.21. The second-order valence-electron chi connectivity index (χ2n) is 6.80. The fraction of sp³-hybridized carbons (Fsp3) is 0.130. The zero-order valence-electron chi connectivity index (χ0n) is 16.0. The lowest BCUT2D eigenvalue weighted by atomic mass is 10.2. The van der Waals surface area contributed by atoms with Gasteiger partial charge in [-0.1, -0.05) is 60.4 Å². The molecule has 1 saturated heterocycles. The van der Waals surface area contributed by atoms with E-state index < -0.39 is 0 Å². The summed E-state index contributed by atoms with van der Waals surface area (Å²) in [5, 5.41) is 0. The number of benzene rings is 2. The monoisotopic (exact) mass is 404 g/mol. The molecule has 2 heterocycles. The van der Waals surface area contributed by atoms with Gasteiger partial charge in [-0.05, 0) is 62.2 Å². The number of nitrogens with zero attached hydrogens (tertiary/aromatic N) is 2. The highest BCUT2D eigenvalue weighted by Crippen LogP contribution is 2.36. The third-order valence-electron chi connectivity index (χ3n) is 4.92. The molecule has 0 unspecified atom stereocenters. The van der Waals surface area contributed by atoms with Gasteiger partial charge in [-0.15, -0.1) is 0 Å². The van der Waals surface area contributed by atoms with Gasteiger partial charge in [-0.25, -0.2) is 0 Å². The zero-order chi connectivity index (χ0) is 19.8. The van der Waals surface area contributed by atoms with Crippen molar-refractivity contribution >= 4 is 46.0 Å². The van der Waals surface area contributed by atoms with Crippen LogP contribution in [0.2, 0.25) is 0 Å². The van der Waals surface area contributed by atoms with Crippen LogP contribution in [0.15, 0.2) is 65.6 Å². The molecule has 140 valence electrons. The minimum Gasteiger partial charge on any atom is -0.318 e. The fourth-order valence-corrected chi connectivity index (χ4v) is 4.82. The molecule has 1 aromatic heterocycles. The van der Waals surface area contributed by atoms with E-state index in [4.69, 9.17) is 12.2 Å². The Labute approximate surface area is 174 Å². The molecule has 0 spiro atoms. The third-order valence-corrected chi connectivity index (χ3v) is 6.22. The first-order chi connectivity index (χ1) is 13.5. The highest BCUT2D eigenvalue weighted by Gasteiger charge is 2.33. The van der Waals surface area contributed by atoms with Gasteiger partial charge >= 0.3 is 0 Å². The van der Waals surface area contributed by atoms with Crippen molar-refractivity contribution in [2.24, 2.45) is 0 Å². The molecule has 1 aliphatic rings. The van der Waals surface area contributed by atoms with E-state index in [0.29, 0.717) is 9.23 Å². The number of thioether (sulfide) groups is 1. The van der Waals surface area contributed by atoms with Gasteiger partial charge in [0.15, 0.2) is 4.32 Å². The first kappa shape index (κ1) is 18.7. The Morgan fingerprint density at radius 2 is 1.64 bits per heavy atom. The van der Waals surface area contributed by atoms with Gasteiger partial charge < -0.3 is 4.57 Å². The van der Waals surface area contributed by atoms with Gasteiger partial charge in [-0.2, -0.15) is 0 Å². The van der Waals surface area contributed by atoms with Crippen molar-refractivity contribution in [1.29, 1.82) is 0 Å². The number of carbonyl (C=O) groups excluding carboxylic acids is 1. The maximum Gasteiger partial charge on any atom is 0.270 e. The Kier molecular flexibility index (Phi) is 4.96. The summed E-state index contributed by atoms with van der Waals surface area (Å²) in [6, 6.07) is 20.0. The van der Waals surface area contributed by atoms with Gasteiger partial charge in [-0.3, -0.25) is 9.69 Å². The first-order valence-electron chi connectivity index (χ1n) is 9.05. The van der Waals surface area contributed by atoms with E-state index in [0.717, 1.165) is 28.3 Å². The Bertz CT molecular complexity index is 1110. The number of carbonyl (C=O) groups is 1. The second kappa shape index (κ2) is 7.41. The van der Waals surface area contributed by atoms with Gasteiger partial charge in [0.25, 0.3) is 5.91 Å². The molecule has 1 amide bonds. The minimum absolute atomic E-state index is 0.0677. The number of aromatic nitrogens is 1. The lowest BCUT2D eigenvalue weighted by Gasteiger charge is -2.13. The SMILES string of the molecule is Cc1ccccc1-n1c(C)cc(/C=C2/SC(=S)N(c3ccccc3)C2=O)c1C. The van der Waals surface area contributed by atoms with Crippen LogP contribution in [0.1, 0.15) is 22.5 Å². The fourth-order valence-electron chi connectivity index (χ4n) is 3.53. The molecule has 1 fully saturated rings. The molecule has 4 rings (SSSR count). The quantitative estimate of drug-likeness (QED) is 0.407. The van der Waals surface area contributed by atoms with Crippen LogP contribution in [0.25, 0.3) is 11.8 Å². The van der Waals surface area contributed by atoms with Crippen molar-refractivity contribution in [3.05, 3.63) is 88.1 Å². The van der Waals surface area contributed by atoms with Gasteiger partial charge in [0.1, 0.15) is 0 Å². The maximum atomic E-state index is 13.0. The van der Waals surface area contributed by atoms with Crippen LogP contribution in [0.5, 0.6) is 0 Å². The van der Waals surface area contributed by atoms with Crippen LogP contribution in [0.3, 0.4) is 0 Å². The molecule has 0 atom stereocenters. The summed E-state index contributed by atoms with van der Waals surface area (Å²) in [6.45, 7) is 6.29. The number of hydrogen-bond donors (Lipinski definition) is 0. The van der Waals surface area contributed by atoms with Crippen LogP contribution in [0.4, 0.5) is 5.69 Å². The van der Waals surface area contributed by atoms with E-state index in [9.17, 15) is 4.79 Å². The average molecular weight is 405 g/mol.